The Morgan fingerprint density at radius 3 is 2.86 bits per heavy atom. The summed E-state index contributed by atoms with van der Waals surface area (Å²) in [4.78, 5) is 25.4. The lowest BCUT2D eigenvalue weighted by Crippen LogP contribution is -2.48. The van der Waals surface area contributed by atoms with Crippen molar-refractivity contribution in [3.63, 3.8) is 0 Å². The van der Waals surface area contributed by atoms with E-state index in [-0.39, 0.29) is 12.1 Å². The molecule has 0 radical (unpaired) electrons. The van der Waals surface area contributed by atoms with E-state index in [0.29, 0.717) is 18.7 Å². The van der Waals surface area contributed by atoms with Gasteiger partial charge in [0.2, 0.25) is 0 Å². The van der Waals surface area contributed by atoms with Gasteiger partial charge in [-0.25, -0.2) is 9.59 Å². The highest BCUT2D eigenvalue weighted by Gasteiger charge is 2.34. The fourth-order valence-electron chi connectivity index (χ4n) is 2.06. The summed E-state index contributed by atoms with van der Waals surface area (Å²) in [5.41, 5.74) is 1.10. The molecule has 0 saturated heterocycles. The quantitative estimate of drug-likeness (QED) is 0.770. The number of aliphatic carboxylic acids is 1. The van der Waals surface area contributed by atoms with Crippen LogP contribution in [0.15, 0.2) is 16.8 Å². The highest BCUT2D eigenvalue weighted by Crippen LogP contribution is 2.28. The summed E-state index contributed by atoms with van der Waals surface area (Å²) in [6, 6.07) is 1.17. The minimum atomic E-state index is -0.969. The number of thiophene rings is 1. The van der Waals surface area contributed by atoms with Crippen LogP contribution in [0.1, 0.15) is 24.8 Å². The van der Waals surface area contributed by atoms with Gasteiger partial charge < -0.3 is 15.3 Å². The maximum absolute atomic E-state index is 12.4. The summed E-state index contributed by atoms with van der Waals surface area (Å²) >= 11 is 3.18. The molecule has 1 saturated carbocycles. The number of carbonyl (C=O) groups is 2. The lowest BCUT2D eigenvalue weighted by atomic mass is 10.2. The third-order valence-corrected chi connectivity index (χ3v) is 4.76. The van der Waals surface area contributed by atoms with Gasteiger partial charge >= 0.3 is 12.0 Å². The molecule has 1 unspecified atom stereocenters. The zero-order valence-corrected chi connectivity index (χ0v) is 13.6. The van der Waals surface area contributed by atoms with E-state index in [9.17, 15) is 14.7 Å². The molecule has 5 nitrogen and oxygen atoms in total. The van der Waals surface area contributed by atoms with E-state index in [4.69, 9.17) is 0 Å². The number of carboxylic acids is 1. The number of nitrogens with one attached hydrogen (secondary N) is 1. The molecular weight excluding hydrogens is 308 g/mol. The number of nitrogens with zero attached hydrogens (tertiary/aromatic N) is 1. The van der Waals surface area contributed by atoms with Crippen molar-refractivity contribution in [3.05, 3.63) is 22.4 Å². The number of hydrogen-bond donors (Lipinski definition) is 2. The molecule has 1 atom stereocenters. The van der Waals surface area contributed by atoms with Crippen LogP contribution in [-0.2, 0) is 11.3 Å². The SMILES string of the molecule is CSCCC(NC(=O)N(Cc1ccsc1)C1CC1)C(=O)O. The monoisotopic (exact) mass is 328 g/mol. The molecule has 0 aliphatic heterocycles. The summed E-state index contributed by atoms with van der Waals surface area (Å²) in [6.45, 7) is 0.550. The van der Waals surface area contributed by atoms with Crippen LogP contribution in [0.5, 0.6) is 0 Å². The maximum Gasteiger partial charge on any atom is 0.326 e. The smallest absolute Gasteiger partial charge is 0.326 e. The first-order chi connectivity index (χ1) is 10.1. The van der Waals surface area contributed by atoms with Gasteiger partial charge in [0.1, 0.15) is 6.04 Å². The summed E-state index contributed by atoms with van der Waals surface area (Å²) in [6.07, 6.45) is 4.37. The highest BCUT2D eigenvalue weighted by molar-refractivity contribution is 7.98. The Morgan fingerprint density at radius 1 is 1.57 bits per heavy atom. The molecule has 0 bridgehead atoms. The molecule has 21 heavy (non-hydrogen) atoms. The molecule has 0 spiro atoms. The molecule has 0 aromatic carbocycles. The van der Waals surface area contributed by atoms with E-state index in [0.717, 1.165) is 18.4 Å². The van der Waals surface area contributed by atoms with Gasteiger partial charge in [0.25, 0.3) is 0 Å². The number of hydrogen-bond acceptors (Lipinski definition) is 4. The summed E-state index contributed by atoms with van der Waals surface area (Å²) < 4.78 is 0. The summed E-state index contributed by atoms with van der Waals surface area (Å²) in [7, 11) is 0. The van der Waals surface area contributed by atoms with E-state index >= 15 is 0 Å². The molecule has 1 aliphatic rings. The minimum Gasteiger partial charge on any atom is -0.480 e. The average Bonchev–Trinajstić information content (AvgIpc) is 3.16. The first kappa shape index (κ1) is 16.2. The maximum atomic E-state index is 12.4. The lowest BCUT2D eigenvalue weighted by molar-refractivity contribution is -0.139. The zero-order chi connectivity index (χ0) is 15.2. The van der Waals surface area contributed by atoms with Crippen molar-refractivity contribution in [2.24, 2.45) is 0 Å². The van der Waals surface area contributed by atoms with Crippen LogP contribution in [0.2, 0.25) is 0 Å². The molecule has 2 N–H and O–H groups in total. The van der Waals surface area contributed by atoms with Gasteiger partial charge in [-0.15, -0.1) is 0 Å². The molecule has 116 valence electrons. The second-order valence-corrected chi connectivity index (χ2v) is 6.88. The van der Waals surface area contributed by atoms with E-state index in [2.05, 4.69) is 5.32 Å². The van der Waals surface area contributed by atoms with Crippen LogP contribution in [0.25, 0.3) is 0 Å². The van der Waals surface area contributed by atoms with Gasteiger partial charge in [-0.3, -0.25) is 0 Å². The van der Waals surface area contributed by atoms with Crippen LogP contribution in [-0.4, -0.2) is 46.1 Å². The van der Waals surface area contributed by atoms with E-state index < -0.39 is 12.0 Å². The second kappa shape index (κ2) is 7.70. The van der Waals surface area contributed by atoms with Crippen molar-refractivity contribution in [2.45, 2.75) is 37.9 Å². The van der Waals surface area contributed by atoms with Crippen molar-refractivity contribution in [1.82, 2.24) is 10.2 Å². The first-order valence-electron chi connectivity index (χ1n) is 6.91. The number of thioether (sulfide) groups is 1. The molecule has 1 heterocycles. The predicted octanol–water partition coefficient (Wildman–Crippen LogP) is 2.63. The Morgan fingerprint density at radius 2 is 2.33 bits per heavy atom. The van der Waals surface area contributed by atoms with Crippen LogP contribution in [0, 0.1) is 0 Å². The van der Waals surface area contributed by atoms with E-state index in [1.807, 2.05) is 23.1 Å². The van der Waals surface area contributed by atoms with Gasteiger partial charge in [0.05, 0.1) is 0 Å². The van der Waals surface area contributed by atoms with E-state index in [1.165, 1.54) is 0 Å². The zero-order valence-electron chi connectivity index (χ0n) is 11.9. The highest BCUT2D eigenvalue weighted by atomic mass is 32.2. The second-order valence-electron chi connectivity index (χ2n) is 5.11. The molecule has 2 amide bonds. The molecular formula is C14H20N2O3S2. The first-order valence-corrected chi connectivity index (χ1v) is 9.25. The van der Waals surface area contributed by atoms with Gasteiger partial charge in [0, 0.05) is 12.6 Å². The largest absolute Gasteiger partial charge is 0.480 e. The van der Waals surface area contributed by atoms with Crippen molar-refractivity contribution in [1.29, 1.82) is 0 Å². The Balaban J connectivity index is 1.95. The van der Waals surface area contributed by atoms with Crippen molar-refractivity contribution < 1.29 is 14.7 Å². The van der Waals surface area contributed by atoms with E-state index in [1.54, 1.807) is 28.0 Å². The van der Waals surface area contributed by atoms with Gasteiger partial charge in [0.15, 0.2) is 0 Å². The van der Waals surface area contributed by atoms with Gasteiger partial charge in [-0.2, -0.15) is 23.1 Å². The van der Waals surface area contributed by atoms with Crippen molar-refractivity contribution >= 4 is 35.1 Å². The normalized spacial score (nSPS) is 15.5. The lowest BCUT2D eigenvalue weighted by Gasteiger charge is -2.24. The van der Waals surface area contributed by atoms with Gasteiger partial charge in [-0.1, -0.05) is 0 Å². The number of urea groups is 1. The third-order valence-electron chi connectivity index (χ3n) is 3.39. The van der Waals surface area contributed by atoms with Gasteiger partial charge in [-0.05, 0) is 53.7 Å². The molecule has 1 aliphatic carbocycles. The minimum absolute atomic E-state index is 0.250. The Labute approximate surface area is 132 Å². The molecule has 1 aromatic rings. The van der Waals surface area contributed by atoms with Crippen LogP contribution in [0.4, 0.5) is 4.79 Å². The summed E-state index contributed by atoms with van der Waals surface area (Å²) in [5.74, 6) is -0.255. The van der Waals surface area contributed by atoms with Crippen LogP contribution >= 0.6 is 23.1 Å². The predicted molar refractivity (Wildman–Crippen MR) is 85.8 cm³/mol. The number of carboxylic acid groups (broad SMARTS) is 1. The summed E-state index contributed by atoms with van der Waals surface area (Å²) in [5, 5.41) is 15.9. The molecule has 1 fully saturated rings. The molecule has 2 rings (SSSR count). The van der Waals surface area contributed by atoms with Crippen LogP contribution in [0.3, 0.4) is 0 Å². The van der Waals surface area contributed by atoms with Crippen LogP contribution < -0.4 is 5.32 Å². The topological polar surface area (TPSA) is 69.6 Å². The number of amides is 2. The Kier molecular flexibility index (Phi) is 5.93. The fourth-order valence-corrected chi connectivity index (χ4v) is 3.19. The number of rotatable bonds is 8. The fraction of sp³-hybridized carbons (Fsp3) is 0.571. The van der Waals surface area contributed by atoms with Crippen molar-refractivity contribution in [2.75, 3.05) is 12.0 Å². The Bertz CT molecular complexity index is 475. The standard InChI is InChI=1S/C14H20N2O3S2/c1-20-6-5-12(13(17)18)15-14(19)16(11-2-3-11)8-10-4-7-21-9-10/h4,7,9,11-12H,2-3,5-6,8H2,1H3,(H,15,19)(H,17,18). The Hall–Kier alpha value is -1.21. The average molecular weight is 328 g/mol. The van der Waals surface area contributed by atoms with Crippen molar-refractivity contribution in [3.8, 4) is 0 Å². The molecule has 7 heteroatoms. The third kappa shape index (κ3) is 4.93. The number of carbonyl (C=O) groups excluding carboxylic acids is 1. The molecule has 1 aromatic heterocycles.